The number of carbonyl (C=O) groups is 1. The quantitative estimate of drug-likeness (QED) is 0.888. The average Bonchev–Trinajstić information content (AvgIpc) is 3.06. The lowest BCUT2D eigenvalue weighted by Crippen LogP contribution is -2.29. The summed E-state index contributed by atoms with van der Waals surface area (Å²) in [5.41, 5.74) is -1.23. The Kier molecular flexibility index (Phi) is 3.90. The number of halogens is 4. The molecule has 2 atom stereocenters. The number of benzene rings is 1. The van der Waals surface area contributed by atoms with Crippen LogP contribution in [-0.4, -0.2) is 11.9 Å². The molecule has 0 aliphatic heterocycles. The smallest absolute Gasteiger partial charge is 0.349 e. The maximum atomic E-state index is 12.9. The highest BCUT2D eigenvalue weighted by molar-refractivity contribution is 9.10. The Bertz CT molecular complexity index is 501. The van der Waals surface area contributed by atoms with E-state index in [1.54, 1.807) is 0 Å². The number of hydrogen-bond donors (Lipinski definition) is 1. The van der Waals surface area contributed by atoms with Crippen molar-refractivity contribution in [3.8, 4) is 0 Å². The molecule has 0 saturated heterocycles. The normalized spacial score (nSPS) is 22.2. The average molecular weight is 336 g/mol. The highest BCUT2D eigenvalue weighted by atomic mass is 79.9. The SMILES string of the molecule is CCC1CC1NC(=O)c1ccc(Br)cc1C(F)(F)F. The van der Waals surface area contributed by atoms with Gasteiger partial charge in [0, 0.05) is 10.5 Å². The van der Waals surface area contributed by atoms with Gasteiger partial charge in [0.1, 0.15) is 0 Å². The van der Waals surface area contributed by atoms with Gasteiger partial charge in [-0.3, -0.25) is 4.79 Å². The Morgan fingerprint density at radius 1 is 1.47 bits per heavy atom. The first kappa shape index (κ1) is 14.4. The first-order valence-electron chi connectivity index (χ1n) is 6.00. The van der Waals surface area contributed by atoms with Gasteiger partial charge in [-0.25, -0.2) is 0 Å². The van der Waals surface area contributed by atoms with E-state index in [2.05, 4.69) is 21.2 Å². The zero-order valence-corrected chi connectivity index (χ0v) is 11.8. The second kappa shape index (κ2) is 5.15. The molecule has 1 aromatic rings. The zero-order chi connectivity index (χ0) is 14.2. The molecule has 6 heteroatoms. The van der Waals surface area contributed by atoms with E-state index in [-0.39, 0.29) is 11.6 Å². The van der Waals surface area contributed by atoms with Crippen molar-refractivity contribution >= 4 is 21.8 Å². The lowest BCUT2D eigenvalue weighted by atomic mass is 10.1. The number of rotatable bonds is 3. The minimum Gasteiger partial charge on any atom is -0.349 e. The molecular formula is C13H13BrF3NO. The summed E-state index contributed by atoms with van der Waals surface area (Å²) < 4.78 is 39.0. The van der Waals surface area contributed by atoms with Crippen molar-refractivity contribution in [3.05, 3.63) is 33.8 Å². The highest BCUT2D eigenvalue weighted by Gasteiger charge is 2.39. The maximum Gasteiger partial charge on any atom is 0.417 e. The molecule has 2 unspecified atom stereocenters. The molecule has 1 saturated carbocycles. The Morgan fingerprint density at radius 3 is 2.68 bits per heavy atom. The molecule has 1 aliphatic rings. The summed E-state index contributed by atoms with van der Waals surface area (Å²) in [6.07, 6.45) is -2.76. The number of nitrogens with one attached hydrogen (secondary N) is 1. The topological polar surface area (TPSA) is 29.1 Å². The standard InChI is InChI=1S/C13H13BrF3NO/c1-2-7-5-11(7)18-12(19)9-4-3-8(14)6-10(9)13(15,16)17/h3-4,6-7,11H,2,5H2,1H3,(H,18,19). The molecule has 1 aromatic carbocycles. The van der Waals surface area contributed by atoms with E-state index in [1.807, 2.05) is 6.92 Å². The van der Waals surface area contributed by atoms with Gasteiger partial charge in [0.05, 0.1) is 11.1 Å². The first-order valence-corrected chi connectivity index (χ1v) is 6.79. The van der Waals surface area contributed by atoms with E-state index in [4.69, 9.17) is 0 Å². The second-order valence-corrected chi connectivity index (χ2v) is 5.59. The molecule has 1 aliphatic carbocycles. The Morgan fingerprint density at radius 2 is 2.16 bits per heavy atom. The number of carbonyl (C=O) groups excluding carboxylic acids is 1. The lowest BCUT2D eigenvalue weighted by Gasteiger charge is -2.13. The fraction of sp³-hybridized carbons (Fsp3) is 0.462. The van der Waals surface area contributed by atoms with E-state index in [9.17, 15) is 18.0 Å². The lowest BCUT2D eigenvalue weighted by molar-refractivity contribution is -0.138. The minimum atomic E-state index is -4.54. The van der Waals surface area contributed by atoms with Crippen LogP contribution in [-0.2, 0) is 6.18 Å². The molecule has 0 radical (unpaired) electrons. The van der Waals surface area contributed by atoms with E-state index in [0.29, 0.717) is 10.4 Å². The third kappa shape index (κ3) is 3.29. The fourth-order valence-electron chi connectivity index (χ4n) is 2.07. The van der Waals surface area contributed by atoms with Crippen LogP contribution < -0.4 is 5.32 Å². The van der Waals surface area contributed by atoms with Crippen LogP contribution in [0.3, 0.4) is 0 Å². The third-order valence-corrected chi connectivity index (χ3v) is 3.79. The summed E-state index contributed by atoms with van der Waals surface area (Å²) in [5, 5.41) is 2.65. The van der Waals surface area contributed by atoms with Crippen molar-refractivity contribution in [2.75, 3.05) is 0 Å². The summed E-state index contributed by atoms with van der Waals surface area (Å²) in [7, 11) is 0. The van der Waals surface area contributed by atoms with Crippen molar-refractivity contribution in [2.24, 2.45) is 5.92 Å². The second-order valence-electron chi connectivity index (χ2n) is 4.67. The van der Waals surface area contributed by atoms with E-state index >= 15 is 0 Å². The van der Waals surface area contributed by atoms with Gasteiger partial charge in [0.2, 0.25) is 0 Å². The molecule has 0 heterocycles. The van der Waals surface area contributed by atoms with Gasteiger partial charge in [0.25, 0.3) is 5.91 Å². The zero-order valence-electron chi connectivity index (χ0n) is 10.2. The van der Waals surface area contributed by atoms with Crippen LogP contribution in [0.25, 0.3) is 0 Å². The summed E-state index contributed by atoms with van der Waals surface area (Å²) in [5.74, 6) is -0.255. The van der Waals surface area contributed by atoms with Crippen molar-refractivity contribution in [2.45, 2.75) is 32.0 Å². The minimum absolute atomic E-state index is 0.0160. The Hall–Kier alpha value is -1.04. The van der Waals surface area contributed by atoms with Gasteiger partial charge >= 0.3 is 6.18 Å². The number of hydrogen-bond acceptors (Lipinski definition) is 1. The highest BCUT2D eigenvalue weighted by Crippen LogP contribution is 2.36. The van der Waals surface area contributed by atoms with Gasteiger partial charge in [-0.1, -0.05) is 29.3 Å². The third-order valence-electron chi connectivity index (χ3n) is 3.30. The van der Waals surface area contributed by atoms with E-state index < -0.39 is 17.6 Å². The molecule has 2 nitrogen and oxygen atoms in total. The number of alkyl halides is 3. The van der Waals surface area contributed by atoms with Crippen LogP contribution in [0.15, 0.2) is 22.7 Å². The molecule has 2 rings (SSSR count). The van der Waals surface area contributed by atoms with Crippen molar-refractivity contribution in [1.29, 1.82) is 0 Å². The Balaban J connectivity index is 2.22. The fourth-order valence-corrected chi connectivity index (χ4v) is 2.43. The van der Waals surface area contributed by atoms with Crippen LogP contribution in [0, 0.1) is 5.92 Å². The Labute approximate surface area is 117 Å². The van der Waals surface area contributed by atoms with Gasteiger partial charge < -0.3 is 5.32 Å². The molecule has 1 fully saturated rings. The van der Waals surface area contributed by atoms with Crippen molar-refractivity contribution in [1.82, 2.24) is 5.32 Å². The summed E-state index contributed by atoms with van der Waals surface area (Å²) in [6, 6.07) is 3.58. The van der Waals surface area contributed by atoms with Gasteiger partial charge in [-0.05, 0) is 30.5 Å². The molecule has 0 bridgehead atoms. The molecule has 19 heavy (non-hydrogen) atoms. The largest absolute Gasteiger partial charge is 0.417 e. The predicted molar refractivity (Wildman–Crippen MR) is 68.8 cm³/mol. The summed E-state index contributed by atoms with van der Waals surface area (Å²) in [4.78, 5) is 11.9. The molecule has 104 valence electrons. The maximum absolute atomic E-state index is 12.9. The van der Waals surface area contributed by atoms with E-state index in [1.165, 1.54) is 12.1 Å². The van der Waals surface area contributed by atoms with Crippen LogP contribution in [0.5, 0.6) is 0 Å². The molecular weight excluding hydrogens is 323 g/mol. The van der Waals surface area contributed by atoms with Crippen LogP contribution in [0.2, 0.25) is 0 Å². The molecule has 1 amide bonds. The van der Waals surface area contributed by atoms with E-state index in [0.717, 1.165) is 18.9 Å². The van der Waals surface area contributed by atoms with Crippen molar-refractivity contribution in [3.63, 3.8) is 0 Å². The summed E-state index contributed by atoms with van der Waals surface area (Å²) >= 11 is 2.99. The van der Waals surface area contributed by atoms with Crippen molar-refractivity contribution < 1.29 is 18.0 Å². The molecule has 0 spiro atoms. The van der Waals surface area contributed by atoms with Crippen LogP contribution in [0.4, 0.5) is 13.2 Å². The number of amides is 1. The monoisotopic (exact) mass is 335 g/mol. The predicted octanol–water partition coefficient (Wildman–Crippen LogP) is 4.00. The van der Waals surface area contributed by atoms with Gasteiger partial charge in [-0.2, -0.15) is 13.2 Å². The van der Waals surface area contributed by atoms with Gasteiger partial charge in [0.15, 0.2) is 0 Å². The molecule has 0 aromatic heterocycles. The summed E-state index contributed by atoms with van der Waals surface area (Å²) in [6.45, 7) is 2.00. The van der Waals surface area contributed by atoms with Crippen LogP contribution in [0.1, 0.15) is 35.7 Å². The van der Waals surface area contributed by atoms with Crippen LogP contribution >= 0.6 is 15.9 Å². The molecule has 1 N–H and O–H groups in total. The first-order chi connectivity index (χ1) is 8.82. The van der Waals surface area contributed by atoms with Gasteiger partial charge in [-0.15, -0.1) is 0 Å².